The molecule has 0 spiro atoms. The Hall–Kier alpha value is -3.77. The van der Waals surface area contributed by atoms with Gasteiger partial charge in [0.05, 0.1) is 24.9 Å². The lowest BCUT2D eigenvalue weighted by molar-refractivity contribution is -0.137. The van der Waals surface area contributed by atoms with Gasteiger partial charge in [-0.25, -0.2) is 26.8 Å². The Balaban J connectivity index is 0.000000324. The van der Waals surface area contributed by atoms with Crippen LogP contribution in [0.15, 0.2) is 120 Å². The molecular formula is C30H29BrF4O6S. The lowest BCUT2D eigenvalue weighted by Crippen LogP contribution is -2.17. The number of hydrogen-bond acceptors (Lipinski definition) is 6. The summed E-state index contributed by atoms with van der Waals surface area (Å²) in [7, 11) is -1.20. The molecule has 226 valence electrons. The van der Waals surface area contributed by atoms with E-state index in [1.807, 2.05) is 0 Å². The van der Waals surface area contributed by atoms with Crippen LogP contribution in [-0.4, -0.2) is 40.3 Å². The molecule has 0 aliphatic rings. The number of benzene rings is 3. The van der Waals surface area contributed by atoms with Crippen LogP contribution in [0, 0.1) is 0 Å². The third-order valence-electron chi connectivity index (χ3n) is 5.15. The molecule has 0 saturated carbocycles. The van der Waals surface area contributed by atoms with Gasteiger partial charge in [0.2, 0.25) is 0 Å². The van der Waals surface area contributed by atoms with Gasteiger partial charge in [0, 0.05) is 28.7 Å². The number of ether oxygens (including phenoxy) is 2. The predicted octanol–water partition coefficient (Wildman–Crippen LogP) is 7.22. The van der Waals surface area contributed by atoms with E-state index >= 15 is 0 Å². The lowest BCUT2D eigenvalue weighted by Gasteiger charge is -2.16. The van der Waals surface area contributed by atoms with E-state index in [-0.39, 0.29) is 27.2 Å². The molecule has 0 radical (unpaired) electrons. The third-order valence-corrected chi connectivity index (χ3v) is 7.32. The van der Waals surface area contributed by atoms with Crippen LogP contribution in [0.2, 0.25) is 0 Å². The molecule has 0 atom stereocenters. The van der Waals surface area contributed by atoms with Gasteiger partial charge in [-0.05, 0) is 28.1 Å². The zero-order valence-corrected chi connectivity index (χ0v) is 25.1. The average molecular weight is 674 g/mol. The molecule has 0 amide bonds. The van der Waals surface area contributed by atoms with E-state index < -0.39 is 44.7 Å². The summed E-state index contributed by atoms with van der Waals surface area (Å²) in [5.41, 5.74) is -0.474. The third kappa shape index (κ3) is 12.4. The van der Waals surface area contributed by atoms with Crippen molar-refractivity contribution in [1.29, 1.82) is 0 Å². The normalized spacial score (nSPS) is 11.0. The molecule has 3 aromatic carbocycles. The molecule has 0 unspecified atom stereocenters. The highest BCUT2D eigenvalue weighted by molar-refractivity contribution is 9.09. The quantitative estimate of drug-likeness (QED) is 0.103. The second kappa shape index (κ2) is 16.6. The summed E-state index contributed by atoms with van der Waals surface area (Å²) in [5, 5.41) is 0. The molecule has 0 saturated heterocycles. The molecular weight excluding hydrogens is 644 g/mol. The largest absolute Gasteiger partial charge is 0.466 e. The maximum atomic E-state index is 13.6. The summed E-state index contributed by atoms with van der Waals surface area (Å²) in [6.07, 6.45) is -0.732. The number of hydrogen-bond donors (Lipinski definition) is 0. The van der Waals surface area contributed by atoms with Crippen LogP contribution >= 0.6 is 15.9 Å². The van der Waals surface area contributed by atoms with Crippen LogP contribution in [0.5, 0.6) is 0 Å². The Bertz CT molecular complexity index is 1430. The van der Waals surface area contributed by atoms with Gasteiger partial charge in [-0.15, -0.1) is 0 Å². The maximum absolute atomic E-state index is 13.6. The molecule has 0 N–H and O–H groups in total. The zero-order valence-electron chi connectivity index (χ0n) is 22.7. The number of carbonyl (C=O) groups is 2. The van der Waals surface area contributed by atoms with Crippen molar-refractivity contribution in [3.8, 4) is 0 Å². The standard InChI is InChI=1S/C12H12F2O2.C11H12O4S.C7H5BrF2/c1-9(11(15)16-2)8-12(13,14)10-6-4-3-5-7-10;1-9(11(12)15-2)8-16(13,14)10-6-4-3-5-7-10;8-7(9,10)6-4-2-1-3-5-6/h2*3-7H,1,8H2,2H3;1-5H. The first-order valence-corrected chi connectivity index (χ1v) is 14.3. The zero-order chi connectivity index (χ0) is 32.0. The number of sulfone groups is 1. The van der Waals surface area contributed by atoms with Gasteiger partial charge in [0.25, 0.3) is 5.92 Å². The molecule has 0 aromatic heterocycles. The van der Waals surface area contributed by atoms with Gasteiger partial charge in [-0.3, -0.25) is 0 Å². The maximum Gasteiger partial charge on any atom is 0.334 e. The van der Waals surface area contributed by atoms with Crippen molar-refractivity contribution in [2.45, 2.75) is 22.1 Å². The van der Waals surface area contributed by atoms with Crippen LogP contribution in [0.1, 0.15) is 17.5 Å². The molecule has 0 aliphatic carbocycles. The first-order valence-electron chi connectivity index (χ1n) is 11.9. The minimum atomic E-state index is -3.52. The van der Waals surface area contributed by atoms with Crippen LogP contribution < -0.4 is 0 Å². The van der Waals surface area contributed by atoms with Crippen molar-refractivity contribution in [2.75, 3.05) is 20.0 Å². The van der Waals surface area contributed by atoms with Crippen molar-refractivity contribution >= 4 is 37.7 Å². The van der Waals surface area contributed by atoms with Crippen LogP contribution in [0.4, 0.5) is 17.6 Å². The van der Waals surface area contributed by atoms with Crippen LogP contribution in [0.3, 0.4) is 0 Å². The average Bonchev–Trinajstić information content (AvgIpc) is 2.97. The highest BCUT2D eigenvalue weighted by atomic mass is 79.9. The molecule has 42 heavy (non-hydrogen) atoms. The van der Waals surface area contributed by atoms with Gasteiger partial charge in [-0.2, -0.15) is 8.78 Å². The van der Waals surface area contributed by atoms with Gasteiger partial charge in [0.15, 0.2) is 9.84 Å². The van der Waals surface area contributed by atoms with Crippen LogP contribution in [0.25, 0.3) is 0 Å². The monoisotopic (exact) mass is 672 g/mol. The molecule has 3 aromatic rings. The highest BCUT2D eigenvalue weighted by Crippen LogP contribution is 2.34. The SMILES string of the molecule is C=C(CC(F)(F)c1ccccc1)C(=O)OC.C=C(CS(=O)(=O)c1ccccc1)C(=O)OC.FC(F)(Br)c1ccccc1. The fourth-order valence-electron chi connectivity index (χ4n) is 3.04. The number of alkyl halides is 5. The molecule has 3 rings (SSSR count). The van der Waals surface area contributed by atoms with Gasteiger partial charge in [-0.1, -0.05) is 92.0 Å². The smallest absolute Gasteiger partial charge is 0.334 e. The summed E-state index contributed by atoms with van der Waals surface area (Å²) < 4.78 is 84.3. The Morgan fingerprint density at radius 2 is 1.10 bits per heavy atom. The topological polar surface area (TPSA) is 86.7 Å². The van der Waals surface area contributed by atoms with Gasteiger partial charge >= 0.3 is 16.8 Å². The number of esters is 2. The van der Waals surface area contributed by atoms with E-state index in [2.05, 4.69) is 38.6 Å². The van der Waals surface area contributed by atoms with Crippen molar-refractivity contribution in [3.63, 3.8) is 0 Å². The Kier molecular flexibility index (Phi) is 14.3. The summed E-state index contributed by atoms with van der Waals surface area (Å²) in [6.45, 7) is 6.66. The summed E-state index contributed by atoms with van der Waals surface area (Å²) in [6, 6.07) is 22.8. The second-order valence-corrected chi connectivity index (χ2v) is 11.4. The first-order chi connectivity index (χ1) is 19.5. The predicted molar refractivity (Wildman–Crippen MR) is 155 cm³/mol. The van der Waals surface area contributed by atoms with E-state index in [4.69, 9.17) is 0 Å². The molecule has 0 aliphatic heterocycles. The minimum Gasteiger partial charge on any atom is -0.466 e. The Morgan fingerprint density at radius 1 is 0.714 bits per heavy atom. The first kappa shape index (κ1) is 36.3. The summed E-state index contributed by atoms with van der Waals surface area (Å²) >= 11 is 2.25. The van der Waals surface area contributed by atoms with E-state index in [1.54, 1.807) is 42.5 Å². The van der Waals surface area contributed by atoms with E-state index in [0.29, 0.717) is 0 Å². The lowest BCUT2D eigenvalue weighted by atomic mass is 10.0. The summed E-state index contributed by atoms with van der Waals surface area (Å²) in [4.78, 5) is 19.3. The molecule has 12 heteroatoms. The van der Waals surface area contributed by atoms with Gasteiger partial charge < -0.3 is 9.47 Å². The number of halogens is 5. The Morgan fingerprint density at radius 3 is 1.48 bits per heavy atom. The number of rotatable bonds is 9. The minimum absolute atomic E-state index is 0.0185. The number of carbonyl (C=O) groups excluding carboxylic acids is 2. The molecule has 0 fully saturated rings. The second-order valence-electron chi connectivity index (χ2n) is 8.37. The molecule has 0 heterocycles. The fourth-order valence-corrected chi connectivity index (χ4v) is 4.62. The van der Waals surface area contributed by atoms with Crippen molar-refractivity contribution in [3.05, 3.63) is 126 Å². The highest BCUT2D eigenvalue weighted by Gasteiger charge is 2.33. The van der Waals surface area contributed by atoms with Gasteiger partial charge in [0.1, 0.15) is 0 Å². The van der Waals surface area contributed by atoms with E-state index in [1.165, 1.54) is 55.6 Å². The Labute approximate surface area is 250 Å². The molecule has 0 bridgehead atoms. The molecule has 6 nitrogen and oxygen atoms in total. The fraction of sp³-hybridized carbons (Fsp3) is 0.200. The van der Waals surface area contributed by atoms with Crippen LogP contribution in [-0.2, 0) is 39.7 Å². The van der Waals surface area contributed by atoms with E-state index in [9.17, 15) is 35.6 Å². The van der Waals surface area contributed by atoms with E-state index in [0.717, 1.165) is 7.11 Å². The number of methoxy groups -OCH3 is 2. The summed E-state index contributed by atoms with van der Waals surface area (Å²) in [5.74, 6) is -5.05. The van der Waals surface area contributed by atoms with Crippen molar-refractivity contribution in [2.24, 2.45) is 0 Å². The van der Waals surface area contributed by atoms with Crippen molar-refractivity contribution in [1.82, 2.24) is 0 Å². The van der Waals surface area contributed by atoms with Crippen molar-refractivity contribution < 1.29 is 45.0 Å².